The van der Waals surface area contributed by atoms with Crippen LogP contribution in [0.15, 0.2) is 29.2 Å². The third-order valence-electron chi connectivity index (χ3n) is 3.36. The molecule has 1 rings (SSSR count). The number of aliphatic carboxylic acids is 1. The van der Waals surface area contributed by atoms with Crippen molar-refractivity contribution in [3.8, 4) is 0 Å². The monoisotopic (exact) mass is 313 g/mol. The topological polar surface area (TPSA) is 83.5 Å². The zero-order valence-electron chi connectivity index (χ0n) is 12.8. The van der Waals surface area contributed by atoms with Crippen molar-refractivity contribution in [3.63, 3.8) is 0 Å². The van der Waals surface area contributed by atoms with Crippen LogP contribution >= 0.6 is 0 Å². The number of carboxylic acid groups (broad SMARTS) is 1. The summed E-state index contributed by atoms with van der Waals surface area (Å²) in [6.45, 7) is 7.64. The Labute approximate surface area is 126 Å². The highest BCUT2D eigenvalue weighted by Crippen LogP contribution is 2.18. The van der Waals surface area contributed by atoms with E-state index in [0.29, 0.717) is 5.92 Å². The van der Waals surface area contributed by atoms with Gasteiger partial charge in [-0.3, -0.25) is 4.79 Å². The van der Waals surface area contributed by atoms with Crippen molar-refractivity contribution in [1.29, 1.82) is 0 Å². The Bertz CT molecular complexity index is 576. The number of carbonyl (C=O) groups is 1. The standard InChI is InChI=1S/C15H23NO4S/c1-10(2)12-5-7-13(8-6-12)21(19,20)16-14(11(3)4)9-15(17)18/h5-8,10-11,14,16H,9H2,1-4H3,(H,17,18). The average Bonchev–Trinajstić information content (AvgIpc) is 2.37. The van der Waals surface area contributed by atoms with Gasteiger partial charge in [-0.15, -0.1) is 0 Å². The number of hydrogen-bond donors (Lipinski definition) is 2. The van der Waals surface area contributed by atoms with Gasteiger partial charge in [0.1, 0.15) is 0 Å². The van der Waals surface area contributed by atoms with Crippen molar-refractivity contribution >= 4 is 16.0 Å². The minimum absolute atomic E-state index is 0.106. The lowest BCUT2D eigenvalue weighted by molar-refractivity contribution is -0.137. The summed E-state index contributed by atoms with van der Waals surface area (Å²) < 4.78 is 27.1. The van der Waals surface area contributed by atoms with Crippen LogP contribution in [-0.2, 0) is 14.8 Å². The smallest absolute Gasteiger partial charge is 0.304 e. The molecular formula is C15H23NO4S. The lowest BCUT2D eigenvalue weighted by Gasteiger charge is -2.20. The molecule has 0 saturated heterocycles. The van der Waals surface area contributed by atoms with Crippen molar-refractivity contribution in [1.82, 2.24) is 4.72 Å². The molecule has 6 heteroatoms. The second-order valence-electron chi connectivity index (χ2n) is 5.79. The minimum atomic E-state index is -3.71. The predicted molar refractivity (Wildman–Crippen MR) is 81.7 cm³/mol. The second-order valence-corrected chi connectivity index (χ2v) is 7.51. The molecule has 0 aliphatic rings. The van der Waals surface area contributed by atoms with E-state index in [0.717, 1.165) is 5.56 Å². The van der Waals surface area contributed by atoms with Crippen LogP contribution in [0.4, 0.5) is 0 Å². The molecule has 0 aromatic heterocycles. The molecule has 1 unspecified atom stereocenters. The highest BCUT2D eigenvalue weighted by molar-refractivity contribution is 7.89. The maximum atomic E-state index is 12.3. The predicted octanol–water partition coefficient (Wildman–Crippen LogP) is 2.59. The Morgan fingerprint density at radius 3 is 2.05 bits per heavy atom. The number of carboxylic acids is 1. The van der Waals surface area contributed by atoms with Gasteiger partial charge in [-0.25, -0.2) is 13.1 Å². The van der Waals surface area contributed by atoms with E-state index in [2.05, 4.69) is 4.72 Å². The van der Waals surface area contributed by atoms with Crippen LogP contribution in [0.5, 0.6) is 0 Å². The zero-order chi connectivity index (χ0) is 16.2. The van der Waals surface area contributed by atoms with Crippen LogP contribution in [0.25, 0.3) is 0 Å². The van der Waals surface area contributed by atoms with Gasteiger partial charge < -0.3 is 5.11 Å². The molecule has 0 spiro atoms. The first-order valence-electron chi connectivity index (χ1n) is 6.97. The number of hydrogen-bond acceptors (Lipinski definition) is 3. The fourth-order valence-electron chi connectivity index (χ4n) is 1.90. The molecule has 21 heavy (non-hydrogen) atoms. The van der Waals surface area contributed by atoms with Crippen LogP contribution in [0, 0.1) is 5.92 Å². The van der Waals surface area contributed by atoms with Crippen molar-refractivity contribution < 1.29 is 18.3 Å². The molecule has 118 valence electrons. The third kappa shape index (κ3) is 5.13. The van der Waals surface area contributed by atoms with Crippen LogP contribution < -0.4 is 4.72 Å². The molecule has 0 saturated carbocycles. The molecule has 0 bridgehead atoms. The maximum Gasteiger partial charge on any atom is 0.304 e. The molecule has 1 atom stereocenters. The van der Waals surface area contributed by atoms with Gasteiger partial charge in [0.05, 0.1) is 11.3 Å². The summed E-state index contributed by atoms with van der Waals surface area (Å²) in [7, 11) is -3.71. The summed E-state index contributed by atoms with van der Waals surface area (Å²) in [6, 6.07) is 6.03. The first kappa shape index (κ1) is 17.7. The van der Waals surface area contributed by atoms with Crippen LogP contribution in [0.3, 0.4) is 0 Å². The lowest BCUT2D eigenvalue weighted by Crippen LogP contribution is -2.40. The highest BCUT2D eigenvalue weighted by Gasteiger charge is 2.24. The van der Waals surface area contributed by atoms with Crippen molar-refractivity contribution in [3.05, 3.63) is 29.8 Å². The van der Waals surface area contributed by atoms with Gasteiger partial charge in [-0.2, -0.15) is 0 Å². The molecule has 1 aromatic carbocycles. The Morgan fingerprint density at radius 2 is 1.67 bits per heavy atom. The third-order valence-corrected chi connectivity index (χ3v) is 4.87. The van der Waals surface area contributed by atoms with Gasteiger partial charge in [-0.05, 0) is 29.5 Å². The molecule has 0 heterocycles. The molecule has 0 aliphatic heterocycles. The average molecular weight is 313 g/mol. The molecule has 0 aliphatic carbocycles. The quantitative estimate of drug-likeness (QED) is 0.810. The number of rotatable bonds is 7. The molecule has 5 nitrogen and oxygen atoms in total. The van der Waals surface area contributed by atoms with E-state index in [9.17, 15) is 13.2 Å². The van der Waals surface area contributed by atoms with E-state index >= 15 is 0 Å². The summed E-state index contributed by atoms with van der Waals surface area (Å²) in [6.07, 6.45) is -0.235. The molecule has 0 radical (unpaired) electrons. The van der Waals surface area contributed by atoms with Crippen molar-refractivity contribution in [2.24, 2.45) is 5.92 Å². The van der Waals surface area contributed by atoms with E-state index in [4.69, 9.17) is 5.11 Å². The second kappa shape index (κ2) is 7.04. The first-order valence-corrected chi connectivity index (χ1v) is 8.46. The molecular weight excluding hydrogens is 290 g/mol. The van der Waals surface area contributed by atoms with E-state index < -0.39 is 22.0 Å². The van der Waals surface area contributed by atoms with Crippen molar-refractivity contribution in [2.75, 3.05) is 0 Å². The number of nitrogens with one attached hydrogen (secondary N) is 1. The normalized spacial score (nSPS) is 13.6. The Hall–Kier alpha value is -1.40. The number of sulfonamides is 1. The first-order chi connectivity index (χ1) is 9.63. The van der Waals surface area contributed by atoms with Gasteiger partial charge in [0, 0.05) is 6.04 Å². The Morgan fingerprint density at radius 1 is 1.14 bits per heavy atom. The highest BCUT2D eigenvalue weighted by atomic mass is 32.2. The Balaban J connectivity index is 2.96. The fourth-order valence-corrected chi connectivity index (χ4v) is 3.29. The zero-order valence-corrected chi connectivity index (χ0v) is 13.6. The van der Waals surface area contributed by atoms with Crippen LogP contribution in [0.1, 0.15) is 45.6 Å². The number of benzene rings is 1. The maximum absolute atomic E-state index is 12.3. The summed E-state index contributed by atoms with van der Waals surface area (Å²) in [5.41, 5.74) is 1.06. The summed E-state index contributed by atoms with van der Waals surface area (Å²) in [5.74, 6) is -0.803. The summed E-state index contributed by atoms with van der Waals surface area (Å²) in [5, 5.41) is 8.86. The molecule has 1 aromatic rings. The molecule has 0 fully saturated rings. The summed E-state index contributed by atoms with van der Waals surface area (Å²) in [4.78, 5) is 11.0. The van der Waals surface area contributed by atoms with E-state index in [-0.39, 0.29) is 17.2 Å². The van der Waals surface area contributed by atoms with Gasteiger partial charge in [-0.1, -0.05) is 39.8 Å². The molecule has 2 N–H and O–H groups in total. The van der Waals surface area contributed by atoms with Crippen LogP contribution in [0.2, 0.25) is 0 Å². The SMILES string of the molecule is CC(C)c1ccc(S(=O)(=O)NC(CC(=O)O)C(C)C)cc1. The lowest BCUT2D eigenvalue weighted by atomic mass is 10.0. The van der Waals surface area contributed by atoms with Gasteiger partial charge in [0.15, 0.2) is 0 Å². The van der Waals surface area contributed by atoms with Gasteiger partial charge in [0.2, 0.25) is 10.0 Å². The largest absolute Gasteiger partial charge is 0.481 e. The van der Waals surface area contributed by atoms with Gasteiger partial charge >= 0.3 is 5.97 Å². The van der Waals surface area contributed by atoms with E-state index in [1.807, 2.05) is 13.8 Å². The minimum Gasteiger partial charge on any atom is -0.481 e. The fraction of sp³-hybridized carbons (Fsp3) is 0.533. The van der Waals surface area contributed by atoms with Gasteiger partial charge in [0.25, 0.3) is 0 Å². The van der Waals surface area contributed by atoms with Crippen LogP contribution in [-0.4, -0.2) is 25.5 Å². The Kier molecular flexibility index (Phi) is 5.92. The van der Waals surface area contributed by atoms with E-state index in [1.165, 1.54) is 0 Å². The summed E-state index contributed by atoms with van der Waals surface area (Å²) >= 11 is 0. The molecule has 0 amide bonds. The van der Waals surface area contributed by atoms with E-state index in [1.54, 1.807) is 38.1 Å². The van der Waals surface area contributed by atoms with Crippen molar-refractivity contribution in [2.45, 2.75) is 51.0 Å².